The number of ether oxygens (including phenoxy) is 1. The van der Waals surface area contributed by atoms with E-state index < -0.39 is 5.91 Å². The zero-order valence-electron chi connectivity index (χ0n) is 18.6. The Morgan fingerprint density at radius 1 is 1.00 bits per heavy atom. The van der Waals surface area contributed by atoms with E-state index >= 15 is 0 Å². The molecule has 0 aliphatic rings. The molecular formula is C27H24ClN3O3. The van der Waals surface area contributed by atoms with Gasteiger partial charge >= 0.3 is 0 Å². The van der Waals surface area contributed by atoms with E-state index in [1.807, 2.05) is 42.5 Å². The van der Waals surface area contributed by atoms with Crippen LogP contribution in [0.25, 0.3) is 10.8 Å². The number of benzene rings is 4. The van der Waals surface area contributed by atoms with E-state index in [-0.39, 0.29) is 10.8 Å². The second-order valence-electron chi connectivity index (χ2n) is 7.68. The van der Waals surface area contributed by atoms with Crippen molar-refractivity contribution in [2.45, 2.75) is 13.1 Å². The van der Waals surface area contributed by atoms with Crippen molar-refractivity contribution >= 4 is 34.5 Å². The maximum Gasteiger partial charge on any atom is 0.271 e. The molecule has 4 rings (SSSR count). The Kier molecular flexibility index (Phi) is 7.42. The van der Waals surface area contributed by atoms with Crippen LogP contribution in [0.15, 0.2) is 84.0 Å². The molecule has 6 nitrogen and oxygen atoms in total. The molecule has 0 heterocycles. The molecule has 4 aromatic carbocycles. The lowest BCUT2D eigenvalue weighted by Gasteiger charge is -2.11. The van der Waals surface area contributed by atoms with E-state index in [0.29, 0.717) is 12.1 Å². The molecule has 0 atom stereocenters. The second-order valence-corrected chi connectivity index (χ2v) is 8.09. The van der Waals surface area contributed by atoms with E-state index in [4.69, 9.17) is 16.3 Å². The monoisotopic (exact) mass is 473 g/mol. The van der Waals surface area contributed by atoms with Gasteiger partial charge < -0.3 is 15.2 Å². The van der Waals surface area contributed by atoms with Crippen LogP contribution in [0, 0.1) is 0 Å². The number of aromatic hydroxyl groups is 1. The van der Waals surface area contributed by atoms with Gasteiger partial charge in [-0.2, -0.15) is 5.10 Å². The van der Waals surface area contributed by atoms with Crippen LogP contribution in [0.3, 0.4) is 0 Å². The number of carbonyl (C=O) groups excluding carboxylic acids is 1. The number of methoxy groups -OCH3 is 1. The fourth-order valence-electron chi connectivity index (χ4n) is 3.65. The van der Waals surface area contributed by atoms with Gasteiger partial charge in [-0.05, 0) is 52.2 Å². The Balaban J connectivity index is 1.45. The molecule has 0 saturated carbocycles. The third-order valence-corrected chi connectivity index (χ3v) is 5.71. The van der Waals surface area contributed by atoms with E-state index in [1.165, 1.54) is 23.8 Å². The first-order valence-electron chi connectivity index (χ1n) is 10.7. The molecule has 172 valence electrons. The van der Waals surface area contributed by atoms with Crippen LogP contribution in [0.2, 0.25) is 5.02 Å². The molecule has 3 N–H and O–H groups in total. The number of hydrazone groups is 1. The minimum absolute atomic E-state index is 0.0775. The summed E-state index contributed by atoms with van der Waals surface area (Å²) in [5, 5.41) is 19.4. The summed E-state index contributed by atoms with van der Waals surface area (Å²) in [5.74, 6) is 0.348. The molecule has 0 aliphatic carbocycles. The number of phenols is 1. The summed E-state index contributed by atoms with van der Waals surface area (Å²) >= 11 is 5.87. The van der Waals surface area contributed by atoms with E-state index in [2.05, 4.69) is 34.0 Å². The second kappa shape index (κ2) is 10.8. The summed E-state index contributed by atoms with van der Waals surface area (Å²) in [4.78, 5) is 12.3. The van der Waals surface area contributed by atoms with Crippen LogP contribution in [-0.2, 0) is 13.1 Å². The van der Waals surface area contributed by atoms with E-state index in [1.54, 1.807) is 13.3 Å². The summed E-state index contributed by atoms with van der Waals surface area (Å²) in [7, 11) is 1.66. The molecule has 0 bridgehead atoms. The standard InChI is InChI=1S/C27H24ClN3O3/c1-34-22-6-4-5-18(13-22)15-29-16-20-9-10-21(24-8-3-2-7-23(20)24)17-30-31-27(33)19-11-12-26(32)25(28)14-19/h2-14,17,29,32H,15-16H2,1H3,(H,31,33). The van der Waals surface area contributed by atoms with E-state index in [9.17, 15) is 9.90 Å². The Labute approximate surface area is 202 Å². The lowest BCUT2D eigenvalue weighted by molar-refractivity contribution is 0.0955. The van der Waals surface area contributed by atoms with Crippen molar-refractivity contribution in [2.75, 3.05) is 7.11 Å². The fraction of sp³-hybridized carbons (Fsp3) is 0.111. The molecule has 1 amide bonds. The third-order valence-electron chi connectivity index (χ3n) is 5.41. The summed E-state index contributed by atoms with van der Waals surface area (Å²) in [6.07, 6.45) is 1.62. The van der Waals surface area contributed by atoms with E-state index in [0.717, 1.165) is 34.2 Å². The summed E-state index contributed by atoms with van der Waals surface area (Å²) in [6.45, 7) is 1.43. The first-order chi connectivity index (χ1) is 16.5. The van der Waals surface area contributed by atoms with Gasteiger partial charge in [0.25, 0.3) is 5.91 Å². The van der Waals surface area contributed by atoms with Crippen LogP contribution in [-0.4, -0.2) is 24.3 Å². The maximum atomic E-state index is 12.3. The van der Waals surface area contributed by atoms with Crippen molar-refractivity contribution in [3.05, 3.63) is 106 Å². The highest BCUT2D eigenvalue weighted by Crippen LogP contribution is 2.24. The van der Waals surface area contributed by atoms with Crippen LogP contribution in [0.1, 0.15) is 27.0 Å². The maximum absolute atomic E-state index is 12.3. The summed E-state index contributed by atoms with van der Waals surface area (Å²) < 4.78 is 5.29. The number of halogens is 1. The average Bonchev–Trinajstić information content (AvgIpc) is 2.86. The first-order valence-corrected chi connectivity index (χ1v) is 11.1. The van der Waals surface area contributed by atoms with Gasteiger partial charge in [-0.15, -0.1) is 0 Å². The summed E-state index contributed by atoms with van der Waals surface area (Å²) in [6, 6.07) is 24.4. The quantitative estimate of drug-likeness (QED) is 0.241. The largest absolute Gasteiger partial charge is 0.506 e. The highest BCUT2D eigenvalue weighted by Gasteiger charge is 2.08. The van der Waals surface area contributed by atoms with Crippen LogP contribution in [0.5, 0.6) is 11.5 Å². The molecule has 0 saturated heterocycles. The molecule has 0 unspecified atom stereocenters. The smallest absolute Gasteiger partial charge is 0.271 e. The van der Waals surface area contributed by atoms with Crippen molar-refractivity contribution in [1.29, 1.82) is 0 Å². The van der Waals surface area contributed by atoms with Gasteiger partial charge in [-0.3, -0.25) is 4.79 Å². The van der Waals surface area contributed by atoms with Gasteiger partial charge in [0.2, 0.25) is 0 Å². The SMILES string of the molecule is COc1cccc(CNCc2ccc(C=NNC(=O)c3ccc(O)c(Cl)c3)c3ccccc23)c1. The van der Waals surface area contributed by atoms with Gasteiger partial charge in [0.05, 0.1) is 18.3 Å². The number of carbonyl (C=O) groups is 1. The number of hydrogen-bond donors (Lipinski definition) is 3. The van der Waals surface area contributed by atoms with Gasteiger partial charge in [0.1, 0.15) is 11.5 Å². The lowest BCUT2D eigenvalue weighted by Crippen LogP contribution is -2.17. The number of phenolic OH excluding ortho intramolecular Hbond substituents is 1. The lowest BCUT2D eigenvalue weighted by atomic mass is 10.00. The predicted octanol–water partition coefficient (Wildman–Crippen LogP) is 5.26. The summed E-state index contributed by atoms with van der Waals surface area (Å²) in [5.41, 5.74) is 6.01. The Bertz CT molecular complexity index is 1350. The fourth-order valence-corrected chi connectivity index (χ4v) is 3.83. The minimum Gasteiger partial charge on any atom is -0.506 e. The van der Waals surface area contributed by atoms with Crippen molar-refractivity contribution in [1.82, 2.24) is 10.7 Å². The topological polar surface area (TPSA) is 83.0 Å². The van der Waals surface area contributed by atoms with Crippen LogP contribution >= 0.6 is 11.6 Å². The molecular weight excluding hydrogens is 450 g/mol. The third kappa shape index (κ3) is 5.54. The molecule has 0 radical (unpaired) electrons. The average molecular weight is 474 g/mol. The molecule has 4 aromatic rings. The van der Waals surface area contributed by atoms with Gasteiger partial charge in [0, 0.05) is 24.2 Å². The van der Waals surface area contributed by atoms with Gasteiger partial charge in [0.15, 0.2) is 0 Å². The van der Waals surface area contributed by atoms with Crippen molar-refractivity contribution in [3.8, 4) is 11.5 Å². The molecule has 34 heavy (non-hydrogen) atoms. The number of nitrogens with zero attached hydrogens (tertiary/aromatic N) is 1. The number of fused-ring (bicyclic) bond motifs is 1. The molecule has 0 fully saturated rings. The highest BCUT2D eigenvalue weighted by atomic mass is 35.5. The number of amides is 1. The molecule has 0 spiro atoms. The van der Waals surface area contributed by atoms with Crippen LogP contribution in [0.4, 0.5) is 0 Å². The van der Waals surface area contributed by atoms with Crippen molar-refractivity contribution in [3.63, 3.8) is 0 Å². The number of rotatable bonds is 8. The highest BCUT2D eigenvalue weighted by molar-refractivity contribution is 6.32. The normalized spacial score (nSPS) is 11.1. The minimum atomic E-state index is -0.416. The van der Waals surface area contributed by atoms with Gasteiger partial charge in [-0.25, -0.2) is 5.43 Å². The predicted molar refractivity (Wildman–Crippen MR) is 136 cm³/mol. The van der Waals surface area contributed by atoms with Gasteiger partial charge in [-0.1, -0.05) is 60.1 Å². The molecule has 7 heteroatoms. The Morgan fingerprint density at radius 2 is 1.82 bits per heavy atom. The zero-order valence-corrected chi connectivity index (χ0v) is 19.3. The molecule has 0 aromatic heterocycles. The van der Waals surface area contributed by atoms with Crippen molar-refractivity contribution < 1.29 is 14.6 Å². The van der Waals surface area contributed by atoms with Crippen molar-refractivity contribution in [2.24, 2.45) is 5.10 Å². The number of hydrogen-bond acceptors (Lipinski definition) is 5. The zero-order chi connectivity index (χ0) is 23.9. The number of nitrogens with one attached hydrogen (secondary N) is 2. The Morgan fingerprint density at radius 3 is 2.62 bits per heavy atom. The molecule has 0 aliphatic heterocycles. The Hall–Kier alpha value is -3.87. The van der Waals surface area contributed by atoms with Crippen LogP contribution < -0.4 is 15.5 Å². The first kappa shape index (κ1) is 23.3.